The van der Waals surface area contributed by atoms with Crippen molar-refractivity contribution in [2.75, 3.05) is 12.4 Å². The number of carbonyl (C=O) groups is 1. The Morgan fingerprint density at radius 3 is 2.85 bits per heavy atom. The van der Waals surface area contributed by atoms with Crippen LogP contribution in [0.3, 0.4) is 0 Å². The number of carboxylic acid groups (broad SMARTS) is 1. The number of rotatable bonds is 8. The first-order valence-electron chi connectivity index (χ1n) is 8.51. The molecule has 1 aromatic carbocycles. The summed E-state index contributed by atoms with van der Waals surface area (Å²) in [7, 11) is 1.58. The lowest BCUT2D eigenvalue weighted by Crippen LogP contribution is -2.06. The van der Waals surface area contributed by atoms with Crippen molar-refractivity contribution >= 4 is 44.9 Å². The van der Waals surface area contributed by atoms with E-state index in [-0.39, 0.29) is 6.42 Å². The highest BCUT2D eigenvalue weighted by atomic mass is 35.5. The lowest BCUT2D eigenvalue weighted by Gasteiger charge is -2.10. The fourth-order valence-corrected chi connectivity index (χ4v) is 3.91. The number of thiophene rings is 1. The third kappa shape index (κ3) is 4.87. The molecule has 0 aliphatic rings. The molecular formula is C19H20ClN3O3S. The van der Waals surface area contributed by atoms with E-state index in [0.717, 1.165) is 26.5 Å². The number of nitrogens with one attached hydrogen (secondary N) is 1. The van der Waals surface area contributed by atoms with Crippen LogP contribution < -0.4 is 10.1 Å². The van der Waals surface area contributed by atoms with Gasteiger partial charge in [0.1, 0.15) is 22.2 Å². The molecule has 0 saturated heterocycles. The number of ether oxygens (including phenoxy) is 1. The molecule has 3 rings (SSSR count). The van der Waals surface area contributed by atoms with Crippen molar-refractivity contribution < 1.29 is 14.6 Å². The van der Waals surface area contributed by atoms with Gasteiger partial charge in [0.25, 0.3) is 0 Å². The van der Waals surface area contributed by atoms with E-state index in [1.165, 1.54) is 0 Å². The van der Waals surface area contributed by atoms with E-state index in [1.807, 2.05) is 25.1 Å². The molecular weight excluding hydrogens is 386 g/mol. The van der Waals surface area contributed by atoms with E-state index in [9.17, 15) is 4.79 Å². The van der Waals surface area contributed by atoms with Crippen LogP contribution in [-0.2, 0) is 17.8 Å². The van der Waals surface area contributed by atoms with Crippen molar-refractivity contribution in [1.29, 1.82) is 0 Å². The fraction of sp³-hybridized carbons (Fsp3) is 0.316. The summed E-state index contributed by atoms with van der Waals surface area (Å²) in [6.45, 7) is 2.59. The minimum atomic E-state index is -0.808. The molecule has 142 valence electrons. The molecule has 0 spiro atoms. The summed E-state index contributed by atoms with van der Waals surface area (Å²) in [5.74, 6) is 1.24. The number of hydrogen-bond acceptors (Lipinski definition) is 6. The molecule has 0 radical (unpaired) electrons. The Morgan fingerprint density at radius 1 is 1.33 bits per heavy atom. The zero-order chi connectivity index (χ0) is 19.4. The molecule has 2 aromatic heterocycles. The summed E-state index contributed by atoms with van der Waals surface area (Å²) in [6.07, 6.45) is 1.15. The Kier molecular flexibility index (Phi) is 6.13. The fourth-order valence-electron chi connectivity index (χ4n) is 2.74. The summed E-state index contributed by atoms with van der Waals surface area (Å²) in [5.41, 5.74) is 1.01. The van der Waals surface area contributed by atoms with Crippen LogP contribution in [0.1, 0.15) is 29.1 Å². The van der Waals surface area contributed by atoms with Gasteiger partial charge in [-0.3, -0.25) is 4.79 Å². The first-order chi connectivity index (χ1) is 13.0. The second-order valence-corrected chi connectivity index (χ2v) is 7.78. The molecule has 0 atom stereocenters. The Morgan fingerprint density at radius 2 is 2.15 bits per heavy atom. The summed E-state index contributed by atoms with van der Waals surface area (Å²) in [5, 5.41) is 13.7. The van der Waals surface area contributed by atoms with E-state index in [0.29, 0.717) is 36.0 Å². The van der Waals surface area contributed by atoms with Crippen LogP contribution >= 0.6 is 22.9 Å². The number of methoxy groups -OCH3 is 1. The summed E-state index contributed by atoms with van der Waals surface area (Å²) < 4.78 is 5.18. The van der Waals surface area contributed by atoms with E-state index in [4.69, 9.17) is 21.4 Å². The molecule has 27 heavy (non-hydrogen) atoms. The van der Waals surface area contributed by atoms with Gasteiger partial charge in [-0.15, -0.1) is 11.3 Å². The van der Waals surface area contributed by atoms with Crippen LogP contribution in [0.2, 0.25) is 5.02 Å². The van der Waals surface area contributed by atoms with Gasteiger partial charge in [0.05, 0.1) is 17.5 Å². The van der Waals surface area contributed by atoms with E-state index >= 15 is 0 Å². The Labute approximate surface area is 166 Å². The van der Waals surface area contributed by atoms with Gasteiger partial charge in [0.2, 0.25) is 0 Å². The molecule has 0 aliphatic carbocycles. The molecule has 0 bridgehead atoms. The molecule has 2 heterocycles. The standard InChI is InChI=1S/C19H20ClN3O3S/c1-11-8-13-18(21-10-12-6-7-15(26-2)14(20)9-12)22-16(23-19(13)27-11)4-3-5-17(24)25/h6-9H,3-5,10H2,1-2H3,(H,24,25)(H,21,22,23). The molecule has 3 aromatic rings. The van der Waals surface area contributed by atoms with Gasteiger partial charge in [-0.25, -0.2) is 9.97 Å². The largest absolute Gasteiger partial charge is 0.495 e. The quantitative estimate of drug-likeness (QED) is 0.566. The number of aliphatic carboxylic acids is 1. The highest BCUT2D eigenvalue weighted by Crippen LogP contribution is 2.30. The number of aromatic nitrogens is 2. The smallest absolute Gasteiger partial charge is 0.303 e. The molecule has 8 heteroatoms. The number of aryl methyl sites for hydroxylation is 2. The molecule has 0 fully saturated rings. The highest BCUT2D eigenvalue weighted by Gasteiger charge is 2.12. The zero-order valence-electron chi connectivity index (χ0n) is 15.1. The zero-order valence-corrected chi connectivity index (χ0v) is 16.7. The Balaban J connectivity index is 1.81. The predicted octanol–water partition coefficient (Wildman–Crippen LogP) is 4.68. The van der Waals surface area contributed by atoms with Crippen LogP contribution in [0, 0.1) is 6.92 Å². The molecule has 6 nitrogen and oxygen atoms in total. The van der Waals surface area contributed by atoms with Crippen molar-refractivity contribution in [2.24, 2.45) is 0 Å². The van der Waals surface area contributed by atoms with Gasteiger partial charge in [-0.1, -0.05) is 17.7 Å². The van der Waals surface area contributed by atoms with Crippen molar-refractivity contribution in [2.45, 2.75) is 32.7 Å². The minimum absolute atomic E-state index is 0.109. The highest BCUT2D eigenvalue weighted by molar-refractivity contribution is 7.18. The second kappa shape index (κ2) is 8.54. The van der Waals surface area contributed by atoms with Crippen LogP contribution in [0.25, 0.3) is 10.2 Å². The summed E-state index contributed by atoms with van der Waals surface area (Å²) in [6, 6.07) is 7.70. The number of nitrogens with zero attached hydrogens (tertiary/aromatic N) is 2. The van der Waals surface area contributed by atoms with Crippen molar-refractivity contribution in [3.63, 3.8) is 0 Å². The van der Waals surface area contributed by atoms with Crippen LogP contribution in [0.4, 0.5) is 5.82 Å². The monoisotopic (exact) mass is 405 g/mol. The first-order valence-corrected chi connectivity index (χ1v) is 9.71. The maximum Gasteiger partial charge on any atom is 0.303 e. The van der Waals surface area contributed by atoms with E-state index in [1.54, 1.807) is 18.4 Å². The van der Waals surface area contributed by atoms with Gasteiger partial charge in [0.15, 0.2) is 0 Å². The van der Waals surface area contributed by atoms with Crippen LogP contribution in [0.5, 0.6) is 5.75 Å². The van der Waals surface area contributed by atoms with Crippen LogP contribution in [0.15, 0.2) is 24.3 Å². The maximum atomic E-state index is 10.7. The van der Waals surface area contributed by atoms with Crippen molar-refractivity contribution in [3.8, 4) is 5.75 Å². The van der Waals surface area contributed by atoms with Crippen LogP contribution in [-0.4, -0.2) is 28.2 Å². The second-order valence-electron chi connectivity index (χ2n) is 6.13. The number of carboxylic acids is 1. The summed E-state index contributed by atoms with van der Waals surface area (Å²) in [4.78, 5) is 22.0. The number of benzene rings is 1. The van der Waals surface area contributed by atoms with Crippen molar-refractivity contribution in [3.05, 3.63) is 45.6 Å². The maximum absolute atomic E-state index is 10.7. The van der Waals surface area contributed by atoms with Gasteiger partial charge in [-0.05, 0) is 37.1 Å². The SMILES string of the molecule is COc1ccc(CNc2nc(CCCC(=O)O)nc3sc(C)cc23)cc1Cl. The Bertz CT molecular complexity index is 974. The van der Waals surface area contributed by atoms with Gasteiger partial charge >= 0.3 is 5.97 Å². The van der Waals surface area contributed by atoms with Gasteiger partial charge < -0.3 is 15.2 Å². The molecule has 0 saturated carbocycles. The normalized spacial score (nSPS) is 10.9. The number of anilines is 1. The molecule has 0 amide bonds. The third-order valence-electron chi connectivity index (χ3n) is 4.03. The number of fused-ring (bicyclic) bond motifs is 1. The lowest BCUT2D eigenvalue weighted by atomic mass is 10.2. The topological polar surface area (TPSA) is 84.3 Å². The number of hydrogen-bond donors (Lipinski definition) is 2. The Hall–Kier alpha value is -2.38. The average Bonchev–Trinajstić information content (AvgIpc) is 2.99. The average molecular weight is 406 g/mol. The predicted molar refractivity (Wildman–Crippen MR) is 108 cm³/mol. The van der Waals surface area contributed by atoms with Crippen molar-refractivity contribution in [1.82, 2.24) is 9.97 Å². The molecule has 0 unspecified atom stereocenters. The summed E-state index contributed by atoms with van der Waals surface area (Å²) >= 11 is 7.80. The van der Waals surface area contributed by atoms with Gasteiger partial charge in [0, 0.05) is 24.3 Å². The molecule has 0 aliphatic heterocycles. The first kappa shape index (κ1) is 19.4. The van der Waals surface area contributed by atoms with E-state index in [2.05, 4.69) is 21.4 Å². The third-order valence-corrected chi connectivity index (χ3v) is 5.27. The minimum Gasteiger partial charge on any atom is -0.495 e. The lowest BCUT2D eigenvalue weighted by molar-refractivity contribution is -0.137. The van der Waals surface area contributed by atoms with E-state index < -0.39 is 5.97 Å². The number of halogens is 1. The van der Waals surface area contributed by atoms with Gasteiger partial charge in [-0.2, -0.15) is 0 Å². The molecule has 2 N–H and O–H groups in total.